The lowest BCUT2D eigenvalue weighted by Crippen LogP contribution is -2.05. The molecule has 0 saturated heterocycles. The number of esters is 1. The van der Waals surface area contributed by atoms with Crippen LogP contribution in [0.1, 0.15) is 22.8 Å². The number of carbonyl (C=O) groups is 1. The van der Waals surface area contributed by atoms with Crippen LogP contribution in [0.4, 0.5) is 11.8 Å². The lowest BCUT2D eigenvalue weighted by Gasteiger charge is -2.09. The Hall–Kier alpha value is -4.19. The molecular weight excluding hydrogens is 360 g/mol. The highest BCUT2D eigenvalue weighted by molar-refractivity contribution is 5.89. The Bertz CT molecular complexity index is 1060. The summed E-state index contributed by atoms with van der Waals surface area (Å²) in [6.07, 6.45) is 1.46. The van der Waals surface area contributed by atoms with E-state index in [0.29, 0.717) is 22.6 Å². The lowest BCUT2D eigenvalue weighted by atomic mass is 10.1. The first-order valence-electron chi connectivity index (χ1n) is 8.26. The van der Waals surface area contributed by atoms with Crippen LogP contribution in [0, 0.1) is 11.3 Å². The summed E-state index contributed by atoms with van der Waals surface area (Å²) in [7, 11) is 0. The van der Waals surface area contributed by atoms with Gasteiger partial charge in [0.2, 0.25) is 11.8 Å². The smallest absolute Gasteiger partial charge is 0.338 e. The van der Waals surface area contributed by atoms with Gasteiger partial charge in [-0.25, -0.2) is 14.8 Å². The molecule has 9 heteroatoms. The molecule has 2 aromatic heterocycles. The minimum Gasteiger partial charge on any atom is -0.462 e. The predicted molar refractivity (Wildman–Crippen MR) is 101 cm³/mol. The maximum atomic E-state index is 11.8. The molecule has 1 aromatic carbocycles. The number of hydrogen-bond acceptors (Lipinski definition) is 9. The van der Waals surface area contributed by atoms with Crippen LogP contribution in [0.3, 0.4) is 0 Å². The SMILES string of the molecule is CCOC(=O)c1ccnc(Oc2ccc(-c3nc(N)nc(N)c3C#N)cc2)c1. The normalized spacial score (nSPS) is 10.1. The van der Waals surface area contributed by atoms with Crippen molar-refractivity contribution in [2.75, 3.05) is 18.1 Å². The van der Waals surface area contributed by atoms with Gasteiger partial charge < -0.3 is 20.9 Å². The van der Waals surface area contributed by atoms with Crippen LogP contribution in [-0.2, 0) is 4.74 Å². The van der Waals surface area contributed by atoms with Crippen molar-refractivity contribution in [3.8, 4) is 29.0 Å². The molecular formula is C19H16N6O3. The Labute approximate surface area is 160 Å². The molecule has 0 aliphatic rings. The molecule has 3 rings (SSSR count). The van der Waals surface area contributed by atoms with Crippen LogP contribution < -0.4 is 16.2 Å². The van der Waals surface area contributed by atoms with Crippen molar-refractivity contribution in [3.63, 3.8) is 0 Å². The number of benzene rings is 1. The second kappa shape index (κ2) is 8.01. The molecule has 0 atom stereocenters. The van der Waals surface area contributed by atoms with E-state index in [4.69, 9.17) is 20.9 Å². The van der Waals surface area contributed by atoms with Crippen LogP contribution in [0.25, 0.3) is 11.3 Å². The fourth-order valence-corrected chi connectivity index (χ4v) is 2.42. The maximum absolute atomic E-state index is 11.8. The van der Waals surface area contributed by atoms with Crippen molar-refractivity contribution >= 4 is 17.7 Å². The molecule has 140 valence electrons. The van der Waals surface area contributed by atoms with Gasteiger partial charge >= 0.3 is 5.97 Å². The number of anilines is 2. The number of nitriles is 1. The van der Waals surface area contributed by atoms with Gasteiger partial charge in [0.25, 0.3) is 0 Å². The summed E-state index contributed by atoms with van der Waals surface area (Å²) in [4.78, 5) is 23.8. The van der Waals surface area contributed by atoms with Gasteiger partial charge in [-0.05, 0) is 37.3 Å². The topological polar surface area (TPSA) is 150 Å². The van der Waals surface area contributed by atoms with E-state index >= 15 is 0 Å². The third-order valence-electron chi connectivity index (χ3n) is 3.66. The molecule has 0 saturated carbocycles. The minimum atomic E-state index is -0.451. The minimum absolute atomic E-state index is 0.0188. The van der Waals surface area contributed by atoms with E-state index < -0.39 is 5.97 Å². The van der Waals surface area contributed by atoms with Gasteiger partial charge in [0.1, 0.15) is 23.2 Å². The summed E-state index contributed by atoms with van der Waals surface area (Å²) in [5, 5.41) is 9.29. The number of rotatable bonds is 5. The Morgan fingerprint density at radius 1 is 1.18 bits per heavy atom. The molecule has 0 bridgehead atoms. The van der Waals surface area contributed by atoms with Gasteiger partial charge in [-0.15, -0.1) is 0 Å². The van der Waals surface area contributed by atoms with Crippen LogP contribution >= 0.6 is 0 Å². The Kier molecular flexibility index (Phi) is 5.32. The largest absolute Gasteiger partial charge is 0.462 e. The molecule has 4 N–H and O–H groups in total. The molecule has 0 unspecified atom stereocenters. The first-order chi connectivity index (χ1) is 13.5. The molecule has 0 aliphatic heterocycles. The van der Waals surface area contributed by atoms with E-state index in [1.807, 2.05) is 6.07 Å². The highest BCUT2D eigenvalue weighted by atomic mass is 16.5. The Morgan fingerprint density at radius 2 is 1.93 bits per heavy atom. The first kappa shape index (κ1) is 18.6. The van der Waals surface area contributed by atoms with Gasteiger partial charge in [0.05, 0.1) is 17.9 Å². The average Bonchev–Trinajstić information content (AvgIpc) is 2.68. The van der Waals surface area contributed by atoms with Crippen LogP contribution in [0.5, 0.6) is 11.6 Å². The number of hydrogen-bond donors (Lipinski definition) is 2. The van der Waals surface area contributed by atoms with Crippen molar-refractivity contribution in [2.45, 2.75) is 6.92 Å². The maximum Gasteiger partial charge on any atom is 0.338 e. The average molecular weight is 376 g/mol. The number of ether oxygens (including phenoxy) is 2. The second-order valence-corrected chi connectivity index (χ2v) is 5.53. The predicted octanol–water partition coefficient (Wildman–Crippen LogP) is 2.54. The Balaban J connectivity index is 1.84. The summed E-state index contributed by atoms with van der Waals surface area (Å²) in [6, 6.07) is 11.8. The van der Waals surface area contributed by atoms with E-state index in [1.165, 1.54) is 12.3 Å². The molecule has 0 fully saturated rings. The van der Waals surface area contributed by atoms with E-state index in [2.05, 4.69) is 15.0 Å². The fraction of sp³-hybridized carbons (Fsp3) is 0.105. The summed E-state index contributed by atoms with van der Waals surface area (Å²) >= 11 is 0. The third-order valence-corrected chi connectivity index (χ3v) is 3.66. The molecule has 3 aromatic rings. The number of aromatic nitrogens is 3. The quantitative estimate of drug-likeness (QED) is 0.640. The highest BCUT2D eigenvalue weighted by Gasteiger charge is 2.14. The van der Waals surface area contributed by atoms with Crippen molar-refractivity contribution < 1.29 is 14.3 Å². The van der Waals surface area contributed by atoms with Gasteiger partial charge in [-0.2, -0.15) is 10.2 Å². The van der Waals surface area contributed by atoms with E-state index in [0.717, 1.165) is 0 Å². The molecule has 0 amide bonds. The number of pyridine rings is 1. The fourth-order valence-electron chi connectivity index (χ4n) is 2.42. The van der Waals surface area contributed by atoms with Gasteiger partial charge in [-0.1, -0.05) is 0 Å². The van der Waals surface area contributed by atoms with Gasteiger partial charge in [-0.3, -0.25) is 0 Å². The number of nitrogens with zero attached hydrogens (tertiary/aromatic N) is 4. The third kappa shape index (κ3) is 3.96. The number of nitrogens with two attached hydrogens (primary N) is 2. The molecule has 2 heterocycles. The van der Waals surface area contributed by atoms with Gasteiger partial charge in [0.15, 0.2) is 0 Å². The van der Waals surface area contributed by atoms with Crippen molar-refractivity contribution in [1.29, 1.82) is 5.26 Å². The summed E-state index contributed by atoms with van der Waals surface area (Å²) in [6.45, 7) is 2.01. The summed E-state index contributed by atoms with van der Waals surface area (Å²) in [5.41, 5.74) is 12.8. The molecule has 0 aliphatic carbocycles. The van der Waals surface area contributed by atoms with Gasteiger partial charge in [0, 0.05) is 17.8 Å². The first-order valence-corrected chi connectivity index (χ1v) is 8.26. The van der Waals surface area contributed by atoms with E-state index in [9.17, 15) is 10.1 Å². The molecule has 0 radical (unpaired) electrons. The summed E-state index contributed by atoms with van der Waals surface area (Å²) < 4.78 is 10.6. The molecule has 9 nitrogen and oxygen atoms in total. The Morgan fingerprint density at radius 3 is 2.61 bits per heavy atom. The number of nitrogen functional groups attached to an aromatic ring is 2. The monoisotopic (exact) mass is 376 g/mol. The van der Waals surface area contributed by atoms with Crippen LogP contribution in [-0.4, -0.2) is 27.5 Å². The zero-order valence-corrected chi connectivity index (χ0v) is 14.9. The zero-order chi connectivity index (χ0) is 20.1. The lowest BCUT2D eigenvalue weighted by molar-refractivity contribution is 0.0526. The van der Waals surface area contributed by atoms with E-state index in [-0.39, 0.29) is 29.8 Å². The van der Waals surface area contributed by atoms with Crippen LogP contribution in [0.15, 0.2) is 42.6 Å². The number of carbonyl (C=O) groups excluding carboxylic acids is 1. The van der Waals surface area contributed by atoms with E-state index in [1.54, 1.807) is 37.3 Å². The van der Waals surface area contributed by atoms with Crippen molar-refractivity contribution in [1.82, 2.24) is 15.0 Å². The highest BCUT2D eigenvalue weighted by Crippen LogP contribution is 2.28. The van der Waals surface area contributed by atoms with Crippen molar-refractivity contribution in [2.24, 2.45) is 0 Å². The standard InChI is InChI=1S/C19H16N6O3/c1-2-27-18(26)12-7-8-23-15(9-12)28-13-5-3-11(4-6-13)16-14(10-20)17(21)25-19(22)24-16/h3-9H,2H2,1H3,(H4,21,22,24,25). The zero-order valence-electron chi connectivity index (χ0n) is 14.9. The second-order valence-electron chi connectivity index (χ2n) is 5.53. The molecule has 28 heavy (non-hydrogen) atoms. The summed E-state index contributed by atoms with van der Waals surface area (Å²) in [5.74, 6) is 0.266. The molecule has 0 spiro atoms. The van der Waals surface area contributed by atoms with Crippen molar-refractivity contribution in [3.05, 3.63) is 53.7 Å². The van der Waals surface area contributed by atoms with Crippen LogP contribution in [0.2, 0.25) is 0 Å².